The zero-order valence-corrected chi connectivity index (χ0v) is 23.3. The molecule has 37 heavy (non-hydrogen) atoms. The van der Waals surface area contributed by atoms with Crippen molar-refractivity contribution < 1.29 is 26.8 Å². The number of sulfonamides is 1. The highest BCUT2D eigenvalue weighted by Gasteiger charge is 2.31. The number of amides is 2. The molecule has 11 heteroatoms. The van der Waals surface area contributed by atoms with E-state index in [1.807, 2.05) is 20.8 Å². The van der Waals surface area contributed by atoms with Crippen molar-refractivity contribution in [3.05, 3.63) is 64.7 Å². The Morgan fingerprint density at radius 3 is 2.27 bits per heavy atom. The quantitative estimate of drug-likeness (QED) is 0.426. The molecule has 0 aromatic heterocycles. The molecule has 2 aromatic rings. The summed E-state index contributed by atoms with van der Waals surface area (Å²) in [4.78, 5) is 27.9. The van der Waals surface area contributed by atoms with Crippen LogP contribution >= 0.6 is 11.6 Å². The van der Waals surface area contributed by atoms with Crippen LogP contribution in [0.15, 0.2) is 42.5 Å². The highest BCUT2D eigenvalue weighted by molar-refractivity contribution is 7.92. The largest absolute Gasteiger partial charge is 0.350 e. The van der Waals surface area contributed by atoms with Gasteiger partial charge < -0.3 is 10.2 Å². The summed E-state index contributed by atoms with van der Waals surface area (Å²) < 4.78 is 52.7. The normalized spacial score (nSPS) is 12.6. The summed E-state index contributed by atoms with van der Waals surface area (Å²) in [7, 11) is -3.84. The first-order valence-corrected chi connectivity index (χ1v) is 14.1. The Morgan fingerprint density at radius 2 is 1.73 bits per heavy atom. The van der Waals surface area contributed by atoms with Crippen LogP contribution in [-0.4, -0.2) is 49.5 Å². The lowest BCUT2D eigenvalue weighted by Crippen LogP contribution is -2.53. The van der Waals surface area contributed by atoms with E-state index >= 15 is 0 Å². The van der Waals surface area contributed by atoms with Crippen molar-refractivity contribution in [3.8, 4) is 0 Å². The summed E-state index contributed by atoms with van der Waals surface area (Å²) in [5, 5.41) is 3.36. The summed E-state index contributed by atoms with van der Waals surface area (Å²) >= 11 is 6.33. The molecule has 0 unspecified atom stereocenters. The molecule has 1 N–H and O–H groups in total. The number of hydrogen-bond donors (Lipinski definition) is 1. The molecule has 0 fully saturated rings. The average molecular weight is 558 g/mol. The van der Waals surface area contributed by atoms with E-state index in [1.54, 1.807) is 31.2 Å². The SMILES string of the molecule is CC[C@H](C(=O)NC(C)(C)C)N(Cc1ccccc1Cl)C(=O)CCCN(c1ccc(F)c(F)c1)S(C)(=O)=O. The molecule has 1 atom stereocenters. The zero-order chi connectivity index (χ0) is 28.0. The molecule has 7 nitrogen and oxygen atoms in total. The molecule has 2 aromatic carbocycles. The lowest BCUT2D eigenvalue weighted by Gasteiger charge is -2.33. The number of halogens is 3. The van der Waals surface area contributed by atoms with E-state index in [-0.39, 0.29) is 43.4 Å². The number of benzene rings is 2. The first-order valence-electron chi connectivity index (χ1n) is 11.9. The van der Waals surface area contributed by atoms with Gasteiger partial charge in [-0.3, -0.25) is 13.9 Å². The van der Waals surface area contributed by atoms with Crippen LogP contribution < -0.4 is 9.62 Å². The van der Waals surface area contributed by atoms with Gasteiger partial charge >= 0.3 is 0 Å². The van der Waals surface area contributed by atoms with E-state index in [2.05, 4.69) is 5.32 Å². The molecule has 0 saturated heterocycles. The predicted octanol–water partition coefficient (Wildman–Crippen LogP) is 4.89. The van der Waals surface area contributed by atoms with Crippen molar-refractivity contribution >= 4 is 39.1 Å². The fourth-order valence-corrected chi connectivity index (χ4v) is 4.98. The molecule has 204 valence electrons. The second kappa shape index (κ2) is 12.7. The minimum absolute atomic E-state index is 0.0437. The van der Waals surface area contributed by atoms with Crippen LogP contribution in [0.4, 0.5) is 14.5 Å². The first-order chi connectivity index (χ1) is 17.1. The molecule has 0 heterocycles. The molecule has 2 rings (SSSR count). The topological polar surface area (TPSA) is 86.8 Å². The van der Waals surface area contributed by atoms with Gasteiger partial charge in [-0.2, -0.15) is 0 Å². The van der Waals surface area contributed by atoms with Gasteiger partial charge in [0, 0.05) is 36.1 Å². The first kappa shape index (κ1) is 30.5. The third kappa shape index (κ3) is 8.96. The summed E-state index contributed by atoms with van der Waals surface area (Å²) in [5.74, 6) is -2.95. The molecule has 0 aliphatic rings. The Kier molecular flexibility index (Phi) is 10.5. The number of nitrogens with zero attached hydrogens (tertiary/aromatic N) is 2. The third-order valence-corrected chi connectivity index (χ3v) is 7.09. The molecule has 2 amide bonds. The van der Waals surface area contributed by atoms with Crippen molar-refractivity contribution in [3.63, 3.8) is 0 Å². The maximum atomic E-state index is 13.7. The second-order valence-electron chi connectivity index (χ2n) is 9.81. The third-order valence-electron chi connectivity index (χ3n) is 5.53. The molecular weight excluding hydrogens is 524 g/mol. The summed E-state index contributed by atoms with van der Waals surface area (Å²) in [5.41, 5.74) is 0.112. The molecule has 0 aliphatic carbocycles. The number of nitrogens with one attached hydrogen (secondary N) is 1. The molecule has 0 aliphatic heterocycles. The molecule has 0 radical (unpaired) electrons. The molecule has 0 spiro atoms. The van der Waals surface area contributed by atoms with Crippen LogP contribution in [0.1, 0.15) is 52.5 Å². The van der Waals surface area contributed by atoms with E-state index in [0.29, 0.717) is 17.0 Å². The van der Waals surface area contributed by atoms with Crippen LogP contribution in [0.25, 0.3) is 0 Å². The maximum absolute atomic E-state index is 13.7. The van der Waals surface area contributed by atoms with Crippen molar-refractivity contribution in [2.45, 2.75) is 65.1 Å². The van der Waals surface area contributed by atoms with E-state index in [0.717, 1.165) is 28.8 Å². The van der Waals surface area contributed by atoms with E-state index in [4.69, 9.17) is 11.6 Å². The zero-order valence-electron chi connectivity index (χ0n) is 21.7. The summed E-state index contributed by atoms with van der Waals surface area (Å²) in [6.45, 7) is 7.28. The van der Waals surface area contributed by atoms with E-state index in [1.165, 1.54) is 4.90 Å². The average Bonchev–Trinajstić information content (AvgIpc) is 2.77. The Balaban J connectivity index is 2.27. The standard InChI is InChI=1S/C26H34ClF2N3O4S/c1-6-23(25(34)30-26(2,3)4)31(17-18-10-7-8-11-20(18)27)24(33)12-9-15-32(37(5,35)36)19-13-14-21(28)22(29)16-19/h7-8,10-11,13-14,16,23H,6,9,12,15,17H2,1-5H3,(H,30,34)/t23-/m1/s1. The van der Waals surface area contributed by atoms with Crippen molar-refractivity contribution in [1.29, 1.82) is 0 Å². The van der Waals surface area contributed by atoms with Crippen molar-refractivity contribution in [2.75, 3.05) is 17.1 Å². The van der Waals surface area contributed by atoms with Crippen LogP contribution in [0, 0.1) is 11.6 Å². The Hall–Kier alpha value is -2.72. The molecular formula is C26H34ClF2N3O4S. The predicted molar refractivity (Wildman–Crippen MR) is 142 cm³/mol. The van der Waals surface area contributed by atoms with Gasteiger partial charge in [-0.25, -0.2) is 17.2 Å². The fourth-order valence-electron chi connectivity index (χ4n) is 3.83. The Morgan fingerprint density at radius 1 is 1.08 bits per heavy atom. The summed E-state index contributed by atoms with van der Waals surface area (Å²) in [6.07, 6.45) is 1.30. The molecule has 0 saturated carbocycles. The van der Waals surface area contributed by atoms with Crippen LogP contribution in [0.3, 0.4) is 0 Å². The van der Waals surface area contributed by atoms with Gasteiger partial charge in [0.2, 0.25) is 21.8 Å². The van der Waals surface area contributed by atoms with E-state index < -0.39 is 33.2 Å². The number of hydrogen-bond acceptors (Lipinski definition) is 4. The maximum Gasteiger partial charge on any atom is 0.243 e. The lowest BCUT2D eigenvalue weighted by molar-refractivity contribution is -0.142. The van der Waals surface area contributed by atoms with Crippen LogP contribution in [-0.2, 0) is 26.2 Å². The van der Waals surface area contributed by atoms with Gasteiger partial charge in [-0.1, -0.05) is 36.7 Å². The Bertz CT molecular complexity index is 1220. The number of rotatable bonds is 11. The highest BCUT2D eigenvalue weighted by Crippen LogP contribution is 2.23. The second-order valence-corrected chi connectivity index (χ2v) is 12.1. The fraction of sp³-hybridized carbons (Fsp3) is 0.462. The van der Waals surface area contributed by atoms with Crippen LogP contribution in [0.2, 0.25) is 5.02 Å². The summed E-state index contributed by atoms with van der Waals surface area (Å²) in [6, 6.07) is 9.04. The van der Waals surface area contributed by atoms with Gasteiger partial charge in [0.05, 0.1) is 11.9 Å². The number of anilines is 1. The van der Waals surface area contributed by atoms with Crippen molar-refractivity contribution in [1.82, 2.24) is 10.2 Å². The Labute approximate surface area is 222 Å². The number of carbonyl (C=O) groups is 2. The smallest absolute Gasteiger partial charge is 0.243 e. The van der Waals surface area contributed by atoms with Crippen LogP contribution in [0.5, 0.6) is 0 Å². The van der Waals surface area contributed by atoms with E-state index in [9.17, 15) is 26.8 Å². The molecule has 0 bridgehead atoms. The van der Waals surface area contributed by atoms with Gasteiger partial charge in [0.25, 0.3) is 0 Å². The minimum atomic E-state index is -3.84. The van der Waals surface area contributed by atoms with Crippen molar-refractivity contribution in [2.24, 2.45) is 0 Å². The van der Waals surface area contributed by atoms with Gasteiger partial charge in [-0.15, -0.1) is 0 Å². The number of carbonyl (C=O) groups excluding carboxylic acids is 2. The lowest BCUT2D eigenvalue weighted by atomic mass is 10.0. The minimum Gasteiger partial charge on any atom is -0.350 e. The van der Waals surface area contributed by atoms with Gasteiger partial charge in [0.15, 0.2) is 11.6 Å². The van der Waals surface area contributed by atoms with Gasteiger partial charge in [-0.05, 0) is 57.4 Å². The highest BCUT2D eigenvalue weighted by atomic mass is 35.5. The van der Waals surface area contributed by atoms with Gasteiger partial charge in [0.1, 0.15) is 6.04 Å². The monoisotopic (exact) mass is 557 g/mol.